The zero-order chi connectivity index (χ0) is 17.6. The highest BCUT2D eigenvalue weighted by atomic mass is 32.1. The molecular weight excluding hydrogens is 346 g/mol. The van der Waals surface area contributed by atoms with Gasteiger partial charge in [-0.2, -0.15) is 0 Å². The third-order valence-corrected chi connectivity index (χ3v) is 5.03. The first-order valence-corrected chi connectivity index (χ1v) is 8.58. The minimum Gasteiger partial charge on any atom is -0.482 e. The van der Waals surface area contributed by atoms with Gasteiger partial charge in [-0.05, 0) is 31.0 Å². The lowest BCUT2D eigenvalue weighted by Crippen LogP contribution is -2.00. The Hall–Kier alpha value is -2.61. The summed E-state index contributed by atoms with van der Waals surface area (Å²) < 4.78 is 33.6. The van der Waals surface area contributed by atoms with Gasteiger partial charge >= 0.3 is 0 Å². The molecular formula is C17H14F2N4OS. The number of aromatic nitrogens is 4. The van der Waals surface area contributed by atoms with Crippen LogP contribution in [0.2, 0.25) is 0 Å². The van der Waals surface area contributed by atoms with Gasteiger partial charge in [-0.25, -0.2) is 23.3 Å². The molecule has 3 aromatic heterocycles. The van der Waals surface area contributed by atoms with Gasteiger partial charge in [0.2, 0.25) is 0 Å². The second-order valence-electron chi connectivity index (χ2n) is 5.57. The van der Waals surface area contributed by atoms with Crippen LogP contribution in [0.15, 0.2) is 24.5 Å². The van der Waals surface area contributed by atoms with Gasteiger partial charge in [0.25, 0.3) is 0 Å². The number of benzene rings is 1. The van der Waals surface area contributed by atoms with E-state index >= 15 is 0 Å². The van der Waals surface area contributed by atoms with Crippen LogP contribution in [0, 0.1) is 18.6 Å². The molecule has 0 unspecified atom stereocenters. The predicted octanol–water partition coefficient (Wildman–Crippen LogP) is 4.07. The van der Waals surface area contributed by atoms with Crippen LogP contribution >= 0.6 is 11.3 Å². The highest BCUT2D eigenvalue weighted by Crippen LogP contribution is 2.32. The van der Waals surface area contributed by atoms with Crippen molar-refractivity contribution in [1.82, 2.24) is 19.6 Å². The largest absolute Gasteiger partial charge is 0.482 e. The maximum atomic E-state index is 13.6. The summed E-state index contributed by atoms with van der Waals surface area (Å²) in [6, 6.07) is 3.17. The van der Waals surface area contributed by atoms with Crippen LogP contribution < -0.4 is 4.74 Å². The second-order valence-corrected chi connectivity index (χ2v) is 6.78. The van der Waals surface area contributed by atoms with Crippen LogP contribution in [0.3, 0.4) is 0 Å². The number of nitrogens with zero attached hydrogens (tertiary/aromatic N) is 4. The van der Waals surface area contributed by atoms with Gasteiger partial charge in [0.1, 0.15) is 23.6 Å². The van der Waals surface area contributed by atoms with Crippen LogP contribution in [-0.2, 0) is 13.0 Å². The molecule has 0 spiro atoms. The van der Waals surface area contributed by atoms with E-state index in [9.17, 15) is 8.78 Å². The SMILES string of the molecule is CCc1c(C)sc2ncn3nc(COc4ccc(F)cc4F)nc3c12. The smallest absolute Gasteiger partial charge is 0.189 e. The maximum Gasteiger partial charge on any atom is 0.189 e. The third-order valence-electron chi connectivity index (χ3n) is 3.98. The molecule has 0 atom stereocenters. The molecule has 0 fully saturated rings. The molecule has 0 bridgehead atoms. The molecule has 0 amide bonds. The minimum atomic E-state index is -0.755. The standard InChI is InChI=1S/C17H14F2N4OS/c1-3-11-9(2)25-17-15(11)16-21-14(22-23(16)8-20-17)7-24-13-5-4-10(18)6-12(13)19/h4-6,8H,3,7H2,1-2H3. The van der Waals surface area contributed by atoms with E-state index in [1.807, 2.05) is 0 Å². The summed E-state index contributed by atoms with van der Waals surface area (Å²) in [5.74, 6) is -1.04. The summed E-state index contributed by atoms with van der Waals surface area (Å²) >= 11 is 1.63. The van der Waals surface area contributed by atoms with Gasteiger partial charge in [-0.15, -0.1) is 16.4 Å². The number of rotatable bonds is 4. The lowest BCUT2D eigenvalue weighted by molar-refractivity contribution is 0.280. The highest BCUT2D eigenvalue weighted by Gasteiger charge is 2.16. The molecule has 0 aliphatic rings. The van der Waals surface area contributed by atoms with Gasteiger partial charge < -0.3 is 4.74 Å². The van der Waals surface area contributed by atoms with E-state index in [2.05, 4.69) is 28.9 Å². The Kier molecular flexibility index (Phi) is 3.84. The quantitative estimate of drug-likeness (QED) is 0.551. The number of halogens is 2. The zero-order valence-electron chi connectivity index (χ0n) is 13.6. The average molecular weight is 360 g/mol. The lowest BCUT2D eigenvalue weighted by atomic mass is 10.1. The first-order valence-electron chi connectivity index (χ1n) is 7.77. The van der Waals surface area contributed by atoms with Gasteiger partial charge in [-0.1, -0.05) is 6.92 Å². The number of thiophene rings is 1. The minimum absolute atomic E-state index is 0.0176. The molecule has 0 aliphatic heterocycles. The van der Waals surface area contributed by atoms with Gasteiger partial charge in [0.05, 0.1) is 5.39 Å². The fraction of sp³-hybridized carbons (Fsp3) is 0.235. The van der Waals surface area contributed by atoms with E-state index in [4.69, 9.17) is 4.74 Å². The maximum absolute atomic E-state index is 13.6. The summed E-state index contributed by atoms with van der Waals surface area (Å²) in [4.78, 5) is 11.1. The molecule has 5 nitrogen and oxygen atoms in total. The number of fused-ring (bicyclic) bond motifs is 3. The lowest BCUT2D eigenvalue weighted by Gasteiger charge is -2.04. The normalized spacial score (nSPS) is 11.5. The molecule has 8 heteroatoms. The van der Waals surface area contributed by atoms with Crippen LogP contribution in [-0.4, -0.2) is 19.6 Å². The van der Waals surface area contributed by atoms with Crippen LogP contribution in [0.25, 0.3) is 15.9 Å². The van der Waals surface area contributed by atoms with Crippen molar-refractivity contribution in [2.75, 3.05) is 0 Å². The second kappa shape index (κ2) is 6.03. The van der Waals surface area contributed by atoms with E-state index in [1.54, 1.807) is 22.2 Å². The van der Waals surface area contributed by atoms with E-state index in [0.29, 0.717) is 11.5 Å². The van der Waals surface area contributed by atoms with Gasteiger partial charge in [0.15, 0.2) is 23.0 Å². The number of aryl methyl sites for hydroxylation is 2. The number of ether oxygens (including phenoxy) is 1. The molecule has 0 radical (unpaired) electrons. The van der Waals surface area contributed by atoms with Crippen molar-refractivity contribution in [2.24, 2.45) is 0 Å². The molecule has 0 saturated heterocycles. The average Bonchev–Trinajstić information content (AvgIpc) is 3.13. The molecule has 0 aliphatic carbocycles. The topological polar surface area (TPSA) is 52.3 Å². The number of hydrogen-bond acceptors (Lipinski definition) is 5. The summed E-state index contributed by atoms with van der Waals surface area (Å²) in [5, 5.41) is 5.34. The van der Waals surface area contributed by atoms with E-state index in [0.717, 1.165) is 28.8 Å². The molecule has 128 valence electrons. The van der Waals surface area contributed by atoms with Crippen molar-refractivity contribution >= 4 is 27.2 Å². The van der Waals surface area contributed by atoms with Crippen LogP contribution in [0.1, 0.15) is 23.2 Å². The van der Waals surface area contributed by atoms with Gasteiger partial charge in [-0.3, -0.25) is 0 Å². The van der Waals surface area contributed by atoms with Crippen molar-refractivity contribution in [3.63, 3.8) is 0 Å². The van der Waals surface area contributed by atoms with E-state index in [-0.39, 0.29) is 12.4 Å². The Labute approximate surface area is 145 Å². The van der Waals surface area contributed by atoms with E-state index < -0.39 is 11.6 Å². The summed E-state index contributed by atoms with van der Waals surface area (Å²) in [7, 11) is 0. The van der Waals surface area contributed by atoms with Crippen molar-refractivity contribution in [2.45, 2.75) is 26.9 Å². The highest BCUT2D eigenvalue weighted by molar-refractivity contribution is 7.18. The first-order chi connectivity index (χ1) is 12.1. The van der Waals surface area contributed by atoms with Crippen molar-refractivity contribution < 1.29 is 13.5 Å². The summed E-state index contributed by atoms with van der Waals surface area (Å²) in [6.07, 6.45) is 2.49. The van der Waals surface area contributed by atoms with Crippen molar-refractivity contribution in [3.05, 3.63) is 52.4 Å². The molecule has 4 rings (SSSR count). The van der Waals surface area contributed by atoms with Gasteiger partial charge in [0, 0.05) is 10.9 Å². The Balaban J connectivity index is 1.70. The molecule has 1 aromatic carbocycles. The summed E-state index contributed by atoms with van der Waals surface area (Å²) in [6.45, 7) is 4.14. The Bertz CT molecular complexity index is 1090. The Morgan fingerprint density at radius 3 is 2.88 bits per heavy atom. The molecule has 0 N–H and O–H groups in total. The molecule has 4 aromatic rings. The third kappa shape index (κ3) is 2.72. The van der Waals surface area contributed by atoms with E-state index in [1.165, 1.54) is 16.5 Å². The van der Waals surface area contributed by atoms with Crippen molar-refractivity contribution in [1.29, 1.82) is 0 Å². The molecule has 25 heavy (non-hydrogen) atoms. The van der Waals surface area contributed by atoms with Crippen LogP contribution in [0.4, 0.5) is 8.78 Å². The zero-order valence-corrected chi connectivity index (χ0v) is 14.4. The molecule has 3 heterocycles. The predicted molar refractivity (Wildman–Crippen MR) is 91.0 cm³/mol. The molecule has 0 saturated carbocycles. The Morgan fingerprint density at radius 1 is 1.28 bits per heavy atom. The van der Waals surface area contributed by atoms with Crippen LogP contribution in [0.5, 0.6) is 5.75 Å². The number of hydrogen-bond donors (Lipinski definition) is 0. The Morgan fingerprint density at radius 2 is 2.12 bits per heavy atom. The first kappa shape index (κ1) is 15.9. The fourth-order valence-corrected chi connectivity index (χ4v) is 3.91. The fourth-order valence-electron chi connectivity index (χ4n) is 2.83. The van der Waals surface area contributed by atoms with Crippen molar-refractivity contribution in [3.8, 4) is 5.75 Å². The monoisotopic (exact) mass is 360 g/mol. The summed E-state index contributed by atoms with van der Waals surface area (Å²) in [5.41, 5.74) is 1.92.